The molecule has 20 heavy (non-hydrogen) atoms. The minimum Gasteiger partial charge on any atom is -0.455 e. The van der Waals surface area contributed by atoms with Gasteiger partial charge >= 0.3 is 0 Å². The summed E-state index contributed by atoms with van der Waals surface area (Å²) in [5.41, 5.74) is 11.1. The molecule has 7 heteroatoms. The first-order valence-corrected chi connectivity index (χ1v) is 6.60. The topological polar surface area (TPSA) is 81.6 Å². The molecule has 4 N–H and O–H groups in total. The Labute approximate surface area is 128 Å². The second-order valence-electron chi connectivity index (χ2n) is 4.42. The largest absolute Gasteiger partial charge is 0.455 e. The third-order valence-corrected chi connectivity index (χ3v) is 2.91. The van der Waals surface area contributed by atoms with Crippen molar-refractivity contribution in [2.45, 2.75) is 12.5 Å². The van der Waals surface area contributed by atoms with Crippen LogP contribution in [0, 0.1) is 0 Å². The molecular weight excluding hydrogens is 301 g/mol. The van der Waals surface area contributed by atoms with Crippen LogP contribution in [0.3, 0.4) is 0 Å². The van der Waals surface area contributed by atoms with Gasteiger partial charge in [0.05, 0.1) is 16.1 Å². The van der Waals surface area contributed by atoms with Crippen LogP contribution in [0.5, 0.6) is 5.75 Å². The van der Waals surface area contributed by atoms with Gasteiger partial charge in [-0.1, -0.05) is 29.3 Å². The number of halogens is 2. The zero-order valence-corrected chi connectivity index (χ0v) is 12.8. The molecule has 0 saturated heterocycles. The SMILES string of the molecule is CN(C)/C=C(/Oc1c(Cl)cccc1Cl)C(N)CC(N)=O. The van der Waals surface area contributed by atoms with Crippen LogP contribution in [-0.4, -0.2) is 30.9 Å². The first kappa shape index (κ1) is 16.6. The molecule has 0 saturated carbocycles. The van der Waals surface area contributed by atoms with Crippen LogP contribution < -0.4 is 16.2 Å². The predicted molar refractivity (Wildman–Crippen MR) is 80.6 cm³/mol. The van der Waals surface area contributed by atoms with E-state index in [2.05, 4.69) is 0 Å². The highest BCUT2D eigenvalue weighted by Gasteiger charge is 2.18. The molecule has 0 aliphatic carbocycles. The van der Waals surface area contributed by atoms with E-state index in [0.29, 0.717) is 21.6 Å². The number of ether oxygens (including phenoxy) is 1. The number of nitrogens with zero attached hydrogens (tertiary/aromatic N) is 1. The van der Waals surface area contributed by atoms with Gasteiger partial charge in [-0.25, -0.2) is 0 Å². The molecule has 0 fully saturated rings. The fraction of sp³-hybridized carbons (Fsp3) is 0.308. The molecule has 5 nitrogen and oxygen atoms in total. The number of rotatable bonds is 6. The van der Waals surface area contributed by atoms with E-state index in [9.17, 15) is 4.79 Å². The van der Waals surface area contributed by atoms with Gasteiger partial charge in [0.2, 0.25) is 5.91 Å². The molecule has 0 heterocycles. The number of carbonyl (C=O) groups excluding carboxylic acids is 1. The molecule has 0 aromatic heterocycles. The number of hydrogen-bond acceptors (Lipinski definition) is 4. The Kier molecular flexibility index (Phi) is 6.13. The Morgan fingerprint density at radius 3 is 2.40 bits per heavy atom. The smallest absolute Gasteiger partial charge is 0.219 e. The van der Waals surface area contributed by atoms with E-state index in [1.807, 2.05) is 0 Å². The Bertz CT molecular complexity index is 498. The molecule has 0 aliphatic heterocycles. The first-order chi connectivity index (χ1) is 9.31. The van der Waals surface area contributed by atoms with Crippen LogP contribution in [0.4, 0.5) is 0 Å². The molecule has 0 bridgehead atoms. The summed E-state index contributed by atoms with van der Waals surface area (Å²) < 4.78 is 5.67. The summed E-state index contributed by atoms with van der Waals surface area (Å²) in [5, 5.41) is 0.710. The van der Waals surface area contributed by atoms with E-state index in [1.54, 1.807) is 43.4 Å². The quantitative estimate of drug-likeness (QED) is 0.786. The van der Waals surface area contributed by atoms with Gasteiger partial charge in [-0.3, -0.25) is 4.79 Å². The van der Waals surface area contributed by atoms with Crippen LogP contribution >= 0.6 is 23.2 Å². The maximum Gasteiger partial charge on any atom is 0.219 e. The van der Waals surface area contributed by atoms with Crippen molar-refractivity contribution in [3.63, 3.8) is 0 Å². The minimum atomic E-state index is -0.678. The summed E-state index contributed by atoms with van der Waals surface area (Å²) in [7, 11) is 3.60. The zero-order chi connectivity index (χ0) is 15.3. The standard InChI is InChI=1S/C13H17Cl2N3O2/c1-18(2)7-11(10(16)6-12(17)19)20-13-8(14)4-3-5-9(13)15/h3-5,7,10H,6,16H2,1-2H3,(H2,17,19)/b11-7+. The molecule has 1 rings (SSSR count). The van der Waals surface area contributed by atoms with Gasteiger partial charge < -0.3 is 21.1 Å². The number of amides is 1. The van der Waals surface area contributed by atoms with Crippen molar-refractivity contribution >= 4 is 29.1 Å². The number of para-hydroxylation sites is 1. The van der Waals surface area contributed by atoms with Gasteiger partial charge in [0.15, 0.2) is 5.75 Å². The van der Waals surface area contributed by atoms with Crippen LogP contribution in [0.15, 0.2) is 30.2 Å². The zero-order valence-electron chi connectivity index (χ0n) is 11.3. The molecule has 1 unspecified atom stereocenters. The van der Waals surface area contributed by atoms with Gasteiger partial charge in [-0.2, -0.15) is 0 Å². The van der Waals surface area contributed by atoms with E-state index in [4.69, 9.17) is 39.4 Å². The Morgan fingerprint density at radius 1 is 1.40 bits per heavy atom. The summed E-state index contributed by atoms with van der Waals surface area (Å²) in [6.07, 6.45) is 1.61. The predicted octanol–water partition coefficient (Wildman–Crippen LogP) is 1.98. The number of carbonyl (C=O) groups is 1. The Morgan fingerprint density at radius 2 is 1.95 bits per heavy atom. The average molecular weight is 318 g/mol. The fourth-order valence-electron chi connectivity index (χ4n) is 1.47. The summed E-state index contributed by atoms with van der Waals surface area (Å²) >= 11 is 12.1. The van der Waals surface area contributed by atoms with Crippen LogP contribution in [0.1, 0.15) is 6.42 Å². The van der Waals surface area contributed by atoms with Crippen molar-refractivity contribution in [1.29, 1.82) is 0 Å². The van der Waals surface area contributed by atoms with Gasteiger partial charge in [0, 0.05) is 26.7 Å². The van der Waals surface area contributed by atoms with Gasteiger partial charge in [0.1, 0.15) is 5.76 Å². The van der Waals surface area contributed by atoms with E-state index < -0.39 is 11.9 Å². The maximum absolute atomic E-state index is 11.0. The Balaban J connectivity index is 3.05. The van der Waals surface area contributed by atoms with Crippen molar-refractivity contribution in [3.05, 3.63) is 40.2 Å². The molecule has 0 spiro atoms. The van der Waals surface area contributed by atoms with Crippen molar-refractivity contribution in [1.82, 2.24) is 4.90 Å². The van der Waals surface area contributed by atoms with Gasteiger partial charge in [-0.05, 0) is 12.1 Å². The van der Waals surface area contributed by atoms with Gasteiger partial charge in [-0.15, -0.1) is 0 Å². The van der Waals surface area contributed by atoms with E-state index in [-0.39, 0.29) is 6.42 Å². The fourth-order valence-corrected chi connectivity index (χ4v) is 1.94. The number of primary amides is 1. The van der Waals surface area contributed by atoms with Crippen molar-refractivity contribution in [3.8, 4) is 5.75 Å². The lowest BCUT2D eigenvalue weighted by Gasteiger charge is -2.19. The van der Waals surface area contributed by atoms with Crippen molar-refractivity contribution in [2.24, 2.45) is 11.5 Å². The van der Waals surface area contributed by atoms with Crippen LogP contribution in [-0.2, 0) is 4.79 Å². The van der Waals surface area contributed by atoms with Crippen LogP contribution in [0.25, 0.3) is 0 Å². The van der Waals surface area contributed by atoms with Gasteiger partial charge in [0.25, 0.3) is 0 Å². The monoisotopic (exact) mass is 317 g/mol. The third kappa shape index (κ3) is 4.92. The second-order valence-corrected chi connectivity index (χ2v) is 5.24. The molecule has 1 aromatic rings. The summed E-state index contributed by atoms with van der Waals surface area (Å²) in [5.74, 6) is 0.128. The maximum atomic E-state index is 11.0. The molecule has 0 radical (unpaired) electrons. The van der Waals surface area contributed by atoms with Crippen molar-refractivity contribution in [2.75, 3.05) is 14.1 Å². The number of nitrogens with two attached hydrogens (primary N) is 2. The average Bonchev–Trinajstić information content (AvgIpc) is 2.31. The highest BCUT2D eigenvalue weighted by molar-refractivity contribution is 6.37. The van der Waals surface area contributed by atoms with Crippen molar-refractivity contribution < 1.29 is 9.53 Å². The molecule has 110 valence electrons. The number of hydrogen-bond donors (Lipinski definition) is 2. The van der Waals surface area contributed by atoms with Crippen LogP contribution in [0.2, 0.25) is 10.0 Å². The first-order valence-electron chi connectivity index (χ1n) is 5.85. The van der Waals surface area contributed by atoms with E-state index in [1.165, 1.54) is 0 Å². The lowest BCUT2D eigenvalue weighted by atomic mass is 10.2. The molecule has 0 aliphatic rings. The highest BCUT2D eigenvalue weighted by Crippen LogP contribution is 2.34. The summed E-state index contributed by atoms with van der Waals surface area (Å²) in [4.78, 5) is 12.7. The molecule has 1 amide bonds. The number of benzene rings is 1. The lowest BCUT2D eigenvalue weighted by Crippen LogP contribution is -2.32. The third-order valence-electron chi connectivity index (χ3n) is 2.31. The van der Waals surface area contributed by atoms with E-state index in [0.717, 1.165) is 0 Å². The Hall–Kier alpha value is -1.43. The van der Waals surface area contributed by atoms with E-state index >= 15 is 0 Å². The molecule has 1 aromatic carbocycles. The lowest BCUT2D eigenvalue weighted by molar-refractivity contribution is -0.118. The summed E-state index contributed by atoms with van der Waals surface area (Å²) in [6.45, 7) is 0. The molecule has 1 atom stereocenters. The second kappa shape index (κ2) is 7.38. The minimum absolute atomic E-state index is 0.0399. The summed E-state index contributed by atoms with van der Waals surface area (Å²) in [6, 6.07) is 4.32. The normalized spacial score (nSPS) is 12.9. The highest BCUT2D eigenvalue weighted by atomic mass is 35.5. The molecular formula is C13H17Cl2N3O2.